The zero-order chi connectivity index (χ0) is 20.4. The monoisotopic (exact) mass is 389 g/mol. The Labute approximate surface area is 169 Å². The molecule has 0 unspecified atom stereocenters. The molecular formula is C23H23N3O3. The van der Waals surface area contributed by atoms with Crippen molar-refractivity contribution in [2.75, 3.05) is 19.5 Å². The quantitative estimate of drug-likeness (QED) is 0.695. The number of ether oxygens (including phenoxy) is 2. The molecule has 0 saturated carbocycles. The van der Waals surface area contributed by atoms with E-state index in [9.17, 15) is 4.79 Å². The maximum absolute atomic E-state index is 12.7. The molecule has 29 heavy (non-hydrogen) atoms. The van der Waals surface area contributed by atoms with Gasteiger partial charge in [0.25, 0.3) is 0 Å². The first-order valence-electron chi connectivity index (χ1n) is 9.52. The van der Waals surface area contributed by atoms with Gasteiger partial charge in [-0.1, -0.05) is 23.8 Å². The minimum Gasteiger partial charge on any atom is -0.493 e. The van der Waals surface area contributed by atoms with E-state index in [2.05, 4.69) is 15.3 Å². The van der Waals surface area contributed by atoms with Gasteiger partial charge >= 0.3 is 0 Å². The van der Waals surface area contributed by atoms with Crippen LogP contribution < -0.4 is 14.8 Å². The van der Waals surface area contributed by atoms with Crippen molar-refractivity contribution in [2.24, 2.45) is 0 Å². The fraction of sp³-hybridized carbons (Fsp3) is 0.261. The van der Waals surface area contributed by atoms with Crippen molar-refractivity contribution in [1.82, 2.24) is 9.97 Å². The normalized spacial score (nSPS) is 15.6. The first-order valence-corrected chi connectivity index (χ1v) is 9.52. The summed E-state index contributed by atoms with van der Waals surface area (Å²) >= 11 is 0. The van der Waals surface area contributed by atoms with E-state index in [0.29, 0.717) is 35.9 Å². The Bertz CT molecular complexity index is 1050. The maximum Gasteiger partial charge on any atom is 0.227 e. The molecule has 1 aromatic heterocycles. The molecule has 1 aliphatic rings. The summed E-state index contributed by atoms with van der Waals surface area (Å²) in [6.45, 7) is 2.04. The molecule has 1 atom stereocenters. The lowest BCUT2D eigenvalue weighted by atomic mass is 9.82. The van der Waals surface area contributed by atoms with Crippen LogP contribution in [-0.2, 0) is 6.42 Å². The van der Waals surface area contributed by atoms with Crippen LogP contribution in [0.4, 0.5) is 11.6 Å². The van der Waals surface area contributed by atoms with E-state index in [1.54, 1.807) is 20.4 Å². The number of benzene rings is 2. The number of nitrogens with zero attached hydrogens (tertiary/aromatic N) is 2. The molecule has 3 aromatic rings. The summed E-state index contributed by atoms with van der Waals surface area (Å²) in [7, 11) is 3.22. The first kappa shape index (κ1) is 18.9. The summed E-state index contributed by atoms with van der Waals surface area (Å²) in [5.74, 6) is 1.93. The fourth-order valence-corrected chi connectivity index (χ4v) is 3.61. The van der Waals surface area contributed by atoms with Crippen LogP contribution in [-0.4, -0.2) is 30.0 Å². The van der Waals surface area contributed by atoms with E-state index in [4.69, 9.17) is 9.47 Å². The molecule has 0 radical (unpaired) electrons. The second-order valence-electron chi connectivity index (χ2n) is 7.19. The lowest BCUT2D eigenvalue weighted by Crippen LogP contribution is -2.21. The van der Waals surface area contributed by atoms with Crippen molar-refractivity contribution in [3.63, 3.8) is 0 Å². The summed E-state index contributed by atoms with van der Waals surface area (Å²) in [4.78, 5) is 21.7. The van der Waals surface area contributed by atoms with Gasteiger partial charge in [0.05, 0.1) is 25.5 Å². The molecule has 0 spiro atoms. The topological polar surface area (TPSA) is 73.3 Å². The highest BCUT2D eigenvalue weighted by Crippen LogP contribution is 2.36. The van der Waals surface area contributed by atoms with Crippen LogP contribution in [0.3, 0.4) is 0 Å². The van der Waals surface area contributed by atoms with E-state index in [1.165, 1.54) is 5.56 Å². The number of methoxy groups -OCH3 is 2. The number of rotatable bonds is 5. The average molecular weight is 389 g/mol. The molecular weight excluding hydrogens is 366 g/mol. The highest BCUT2D eigenvalue weighted by molar-refractivity contribution is 5.98. The average Bonchev–Trinajstić information content (AvgIpc) is 2.74. The van der Waals surface area contributed by atoms with Crippen LogP contribution in [0.15, 0.2) is 48.7 Å². The van der Waals surface area contributed by atoms with E-state index >= 15 is 0 Å². The largest absolute Gasteiger partial charge is 0.493 e. The Morgan fingerprint density at radius 1 is 1.00 bits per heavy atom. The van der Waals surface area contributed by atoms with Crippen molar-refractivity contribution in [3.05, 3.63) is 71.0 Å². The summed E-state index contributed by atoms with van der Waals surface area (Å²) in [5, 5.41) is 3.21. The van der Waals surface area contributed by atoms with E-state index < -0.39 is 0 Å². The predicted octanol–water partition coefficient (Wildman–Crippen LogP) is 4.46. The number of ketones is 1. The van der Waals surface area contributed by atoms with Gasteiger partial charge in [0.1, 0.15) is 0 Å². The van der Waals surface area contributed by atoms with Crippen LogP contribution in [0, 0.1) is 6.92 Å². The van der Waals surface area contributed by atoms with Gasteiger partial charge in [-0.3, -0.25) is 4.79 Å². The fourth-order valence-electron chi connectivity index (χ4n) is 3.61. The van der Waals surface area contributed by atoms with Gasteiger partial charge in [0.2, 0.25) is 5.95 Å². The SMILES string of the molecule is COc1ccc([C@@H]2CC(=O)c3cnc(Nc4ccc(C)cc4)nc3C2)cc1OC. The number of anilines is 2. The highest BCUT2D eigenvalue weighted by atomic mass is 16.5. The van der Waals surface area contributed by atoms with Gasteiger partial charge in [-0.15, -0.1) is 0 Å². The molecule has 1 aliphatic carbocycles. The number of aryl methyl sites for hydroxylation is 1. The van der Waals surface area contributed by atoms with Crippen molar-refractivity contribution in [3.8, 4) is 11.5 Å². The maximum atomic E-state index is 12.7. The van der Waals surface area contributed by atoms with Crippen molar-refractivity contribution < 1.29 is 14.3 Å². The third-order valence-corrected chi connectivity index (χ3v) is 5.23. The van der Waals surface area contributed by atoms with Crippen LogP contribution in [0.1, 0.15) is 39.5 Å². The van der Waals surface area contributed by atoms with Crippen LogP contribution in [0.5, 0.6) is 11.5 Å². The van der Waals surface area contributed by atoms with Gasteiger partial charge < -0.3 is 14.8 Å². The molecule has 0 bridgehead atoms. The molecule has 6 heteroatoms. The second kappa shape index (κ2) is 7.91. The number of Topliss-reactive ketones (excluding diaryl/α,β-unsaturated/α-hetero) is 1. The van der Waals surface area contributed by atoms with E-state index in [0.717, 1.165) is 16.9 Å². The van der Waals surface area contributed by atoms with Gasteiger partial charge in [-0.2, -0.15) is 0 Å². The summed E-state index contributed by atoms with van der Waals surface area (Å²) in [6.07, 6.45) is 2.73. The lowest BCUT2D eigenvalue weighted by molar-refractivity contribution is 0.0962. The predicted molar refractivity (Wildman–Crippen MR) is 111 cm³/mol. The van der Waals surface area contributed by atoms with E-state index in [-0.39, 0.29) is 11.7 Å². The molecule has 148 valence electrons. The molecule has 0 aliphatic heterocycles. The zero-order valence-corrected chi connectivity index (χ0v) is 16.7. The second-order valence-corrected chi connectivity index (χ2v) is 7.19. The molecule has 0 fully saturated rings. The van der Waals surface area contributed by atoms with Crippen LogP contribution in [0.2, 0.25) is 0 Å². The Morgan fingerprint density at radius 3 is 2.48 bits per heavy atom. The molecule has 1 N–H and O–H groups in total. The van der Waals surface area contributed by atoms with Gasteiger partial charge in [0.15, 0.2) is 17.3 Å². The highest BCUT2D eigenvalue weighted by Gasteiger charge is 2.28. The minimum atomic E-state index is 0.0388. The number of carbonyl (C=O) groups is 1. The third kappa shape index (κ3) is 3.92. The molecule has 0 saturated heterocycles. The molecule has 6 nitrogen and oxygen atoms in total. The third-order valence-electron chi connectivity index (χ3n) is 5.23. The summed E-state index contributed by atoms with van der Waals surface area (Å²) < 4.78 is 10.7. The standard InChI is InChI=1S/C23H23N3O3/c1-14-4-7-17(8-5-14)25-23-24-13-18-19(26-23)10-16(11-20(18)27)15-6-9-21(28-2)22(12-15)29-3/h4-9,12-13,16H,10-11H2,1-3H3,(H,24,25,26)/t16-/m0/s1. The van der Waals surface area contributed by atoms with Crippen LogP contribution >= 0.6 is 0 Å². The zero-order valence-electron chi connectivity index (χ0n) is 16.7. The number of hydrogen-bond donors (Lipinski definition) is 1. The van der Waals surface area contributed by atoms with Gasteiger partial charge in [-0.25, -0.2) is 9.97 Å². The lowest BCUT2D eigenvalue weighted by Gasteiger charge is -2.24. The molecule has 1 heterocycles. The van der Waals surface area contributed by atoms with Gasteiger partial charge in [0, 0.05) is 18.3 Å². The number of carbonyl (C=O) groups excluding carboxylic acids is 1. The number of hydrogen-bond acceptors (Lipinski definition) is 6. The number of fused-ring (bicyclic) bond motifs is 1. The first-order chi connectivity index (χ1) is 14.1. The number of nitrogens with one attached hydrogen (secondary N) is 1. The Balaban J connectivity index is 1.60. The van der Waals surface area contributed by atoms with Crippen molar-refractivity contribution in [2.45, 2.75) is 25.7 Å². The molecule has 0 amide bonds. The van der Waals surface area contributed by atoms with E-state index in [1.807, 2.05) is 49.4 Å². The Kier molecular flexibility index (Phi) is 5.16. The van der Waals surface area contributed by atoms with Crippen molar-refractivity contribution in [1.29, 1.82) is 0 Å². The molecule has 4 rings (SSSR count). The van der Waals surface area contributed by atoms with Crippen LogP contribution in [0.25, 0.3) is 0 Å². The Hall–Kier alpha value is -3.41. The number of aromatic nitrogens is 2. The summed E-state index contributed by atoms with van der Waals surface area (Å²) in [6, 6.07) is 13.8. The smallest absolute Gasteiger partial charge is 0.227 e. The Morgan fingerprint density at radius 2 is 1.76 bits per heavy atom. The minimum absolute atomic E-state index is 0.0388. The molecule has 2 aromatic carbocycles. The van der Waals surface area contributed by atoms with Crippen molar-refractivity contribution >= 4 is 17.4 Å². The van der Waals surface area contributed by atoms with Gasteiger partial charge in [-0.05, 0) is 49.1 Å². The summed E-state index contributed by atoms with van der Waals surface area (Å²) in [5.41, 5.74) is 4.51.